The second-order valence-corrected chi connectivity index (χ2v) is 6.40. The van der Waals surface area contributed by atoms with Gasteiger partial charge in [-0.25, -0.2) is 4.98 Å². The smallest absolute Gasteiger partial charge is 0.232 e. The van der Waals surface area contributed by atoms with E-state index in [0.717, 1.165) is 17.3 Å². The number of aryl methyl sites for hydroxylation is 1. The minimum absolute atomic E-state index is 0.102. The molecule has 2 aromatic rings. The Bertz CT molecular complexity index is 587. The van der Waals surface area contributed by atoms with E-state index in [9.17, 15) is 0 Å². The molecular formula is C16H20BrN3O. The maximum Gasteiger partial charge on any atom is 0.232 e. The van der Waals surface area contributed by atoms with Gasteiger partial charge in [-0.1, -0.05) is 30.3 Å². The molecule has 0 aliphatic carbocycles. The van der Waals surface area contributed by atoms with Crippen molar-refractivity contribution in [2.45, 2.75) is 32.2 Å². The molecule has 112 valence electrons. The molecule has 0 saturated carbocycles. The van der Waals surface area contributed by atoms with Crippen molar-refractivity contribution in [3.8, 4) is 5.88 Å². The Morgan fingerprint density at radius 2 is 1.95 bits per heavy atom. The highest BCUT2D eigenvalue weighted by atomic mass is 79.9. The van der Waals surface area contributed by atoms with Crippen LogP contribution in [0.5, 0.6) is 5.88 Å². The van der Waals surface area contributed by atoms with Crippen LogP contribution in [0.4, 0.5) is 5.95 Å². The van der Waals surface area contributed by atoms with Gasteiger partial charge in [0.1, 0.15) is 0 Å². The van der Waals surface area contributed by atoms with Crippen molar-refractivity contribution in [3.05, 3.63) is 46.6 Å². The van der Waals surface area contributed by atoms with Gasteiger partial charge in [0.05, 0.1) is 17.8 Å². The lowest BCUT2D eigenvalue weighted by atomic mass is 9.95. The van der Waals surface area contributed by atoms with Gasteiger partial charge in [-0.15, -0.1) is 0 Å². The molecule has 5 heteroatoms. The van der Waals surface area contributed by atoms with E-state index in [2.05, 4.69) is 69.3 Å². The SMILES string of the molecule is COc1nc(NC(C)(C)CCc2ccccc2)ncc1Br. The molecule has 0 unspecified atom stereocenters. The number of aromatic nitrogens is 2. The second kappa shape index (κ2) is 6.89. The van der Waals surface area contributed by atoms with Crippen LogP contribution in [0.15, 0.2) is 41.0 Å². The van der Waals surface area contributed by atoms with Crippen LogP contribution in [0.25, 0.3) is 0 Å². The van der Waals surface area contributed by atoms with Crippen LogP contribution in [-0.2, 0) is 6.42 Å². The molecule has 4 nitrogen and oxygen atoms in total. The van der Waals surface area contributed by atoms with Crippen molar-refractivity contribution >= 4 is 21.9 Å². The number of nitrogens with zero attached hydrogens (tertiary/aromatic N) is 2. The lowest BCUT2D eigenvalue weighted by molar-refractivity contribution is 0.393. The minimum Gasteiger partial charge on any atom is -0.480 e. The van der Waals surface area contributed by atoms with E-state index in [1.807, 2.05) is 6.07 Å². The quantitative estimate of drug-likeness (QED) is 0.853. The van der Waals surface area contributed by atoms with Crippen molar-refractivity contribution in [2.75, 3.05) is 12.4 Å². The Morgan fingerprint density at radius 3 is 2.62 bits per heavy atom. The summed E-state index contributed by atoms with van der Waals surface area (Å²) in [6.07, 6.45) is 3.69. The summed E-state index contributed by atoms with van der Waals surface area (Å²) in [4.78, 5) is 8.62. The molecule has 0 amide bonds. The Kier molecular flexibility index (Phi) is 5.17. The van der Waals surface area contributed by atoms with Crippen molar-refractivity contribution in [1.29, 1.82) is 0 Å². The van der Waals surface area contributed by atoms with Gasteiger partial charge < -0.3 is 10.1 Å². The maximum atomic E-state index is 5.19. The number of nitrogens with one attached hydrogen (secondary N) is 1. The van der Waals surface area contributed by atoms with Crippen LogP contribution in [0.1, 0.15) is 25.8 Å². The van der Waals surface area contributed by atoms with Crippen molar-refractivity contribution < 1.29 is 4.74 Å². The van der Waals surface area contributed by atoms with Gasteiger partial charge in [0, 0.05) is 5.54 Å². The van der Waals surface area contributed by atoms with Gasteiger partial charge in [0.25, 0.3) is 0 Å². The zero-order valence-corrected chi connectivity index (χ0v) is 14.1. The molecule has 1 aromatic heterocycles. The molecule has 0 radical (unpaired) electrons. The lowest BCUT2D eigenvalue weighted by Crippen LogP contribution is -2.32. The Balaban J connectivity index is 2.00. The first-order chi connectivity index (χ1) is 10.00. The number of methoxy groups -OCH3 is 1. The third-order valence-electron chi connectivity index (χ3n) is 3.24. The Labute approximate surface area is 134 Å². The van der Waals surface area contributed by atoms with E-state index in [1.54, 1.807) is 13.3 Å². The normalized spacial score (nSPS) is 11.2. The van der Waals surface area contributed by atoms with Gasteiger partial charge in [-0.05, 0) is 48.2 Å². The zero-order valence-electron chi connectivity index (χ0n) is 12.6. The van der Waals surface area contributed by atoms with Crippen LogP contribution >= 0.6 is 15.9 Å². The number of hydrogen-bond donors (Lipinski definition) is 1. The number of hydrogen-bond acceptors (Lipinski definition) is 4. The van der Waals surface area contributed by atoms with E-state index >= 15 is 0 Å². The fourth-order valence-electron chi connectivity index (χ4n) is 2.02. The number of halogens is 1. The maximum absolute atomic E-state index is 5.19. The summed E-state index contributed by atoms with van der Waals surface area (Å²) in [5.74, 6) is 1.11. The average Bonchev–Trinajstić information content (AvgIpc) is 2.48. The highest BCUT2D eigenvalue weighted by molar-refractivity contribution is 9.10. The molecule has 0 atom stereocenters. The van der Waals surface area contributed by atoms with Gasteiger partial charge >= 0.3 is 0 Å². The third kappa shape index (κ3) is 4.70. The van der Waals surface area contributed by atoms with Gasteiger partial charge in [0.15, 0.2) is 0 Å². The standard InChI is InChI=1S/C16H20BrN3O/c1-16(2,10-9-12-7-5-4-6-8-12)20-15-18-11-13(17)14(19-15)21-3/h4-8,11H,9-10H2,1-3H3,(H,18,19,20). The van der Waals surface area contributed by atoms with Gasteiger partial charge in [-0.3, -0.25) is 0 Å². The van der Waals surface area contributed by atoms with Crippen molar-refractivity contribution in [1.82, 2.24) is 9.97 Å². The summed E-state index contributed by atoms with van der Waals surface area (Å²) >= 11 is 3.35. The van der Waals surface area contributed by atoms with Crippen LogP contribution in [0, 0.1) is 0 Å². The molecule has 0 aliphatic rings. The first-order valence-electron chi connectivity index (χ1n) is 6.89. The first kappa shape index (κ1) is 15.8. The predicted molar refractivity (Wildman–Crippen MR) is 88.7 cm³/mol. The lowest BCUT2D eigenvalue weighted by Gasteiger charge is -2.26. The van der Waals surface area contributed by atoms with Crippen LogP contribution in [0.3, 0.4) is 0 Å². The first-order valence-corrected chi connectivity index (χ1v) is 7.68. The molecule has 1 heterocycles. The van der Waals surface area contributed by atoms with E-state index in [1.165, 1.54) is 5.56 Å². The average molecular weight is 350 g/mol. The van der Waals surface area contributed by atoms with E-state index in [4.69, 9.17) is 4.74 Å². The summed E-state index contributed by atoms with van der Waals surface area (Å²) in [5.41, 5.74) is 1.23. The Morgan fingerprint density at radius 1 is 1.24 bits per heavy atom. The molecule has 0 saturated heterocycles. The molecule has 1 aromatic carbocycles. The van der Waals surface area contributed by atoms with E-state index in [0.29, 0.717) is 11.8 Å². The molecule has 0 bridgehead atoms. The van der Waals surface area contributed by atoms with Gasteiger partial charge in [0.2, 0.25) is 11.8 Å². The summed E-state index contributed by atoms with van der Waals surface area (Å²) in [5, 5.41) is 3.37. The van der Waals surface area contributed by atoms with E-state index in [-0.39, 0.29) is 5.54 Å². The Hall–Kier alpha value is -1.62. The summed E-state index contributed by atoms with van der Waals surface area (Å²) in [6, 6.07) is 10.5. The predicted octanol–water partition coefficient (Wildman–Crippen LogP) is 4.07. The summed E-state index contributed by atoms with van der Waals surface area (Å²) < 4.78 is 5.94. The monoisotopic (exact) mass is 349 g/mol. The number of benzene rings is 1. The minimum atomic E-state index is -0.102. The van der Waals surface area contributed by atoms with Gasteiger partial charge in [-0.2, -0.15) is 4.98 Å². The van der Waals surface area contributed by atoms with Crippen LogP contribution in [0.2, 0.25) is 0 Å². The molecular weight excluding hydrogens is 330 g/mol. The van der Waals surface area contributed by atoms with Crippen LogP contribution < -0.4 is 10.1 Å². The fraction of sp³-hybridized carbons (Fsp3) is 0.375. The number of rotatable bonds is 6. The zero-order chi connectivity index (χ0) is 15.3. The highest BCUT2D eigenvalue weighted by Gasteiger charge is 2.19. The third-order valence-corrected chi connectivity index (χ3v) is 3.78. The summed E-state index contributed by atoms with van der Waals surface area (Å²) in [6.45, 7) is 4.29. The van der Waals surface area contributed by atoms with Crippen molar-refractivity contribution in [2.24, 2.45) is 0 Å². The van der Waals surface area contributed by atoms with E-state index < -0.39 is 0 Å². The highest BCUT2D eigenvalue weighted by Crippen LogP contribution is 2.24. The molecule has 2 rings (SSSR count). The molecule has 0 fully saturated rings. The largest absolute Gasteiger partial charge is 0.480 e. The molecule has 0 aliphatic heterocycles. The second-order valence-electron chi connectivity index (χ2n) is 5.55. The fourth-order valence-corrected chi connectivity index (χ4v) is 2.37. The van der Waals surface area contributed by atoms with Crippen LogP contribution in [-0.4, -0.2) is 22.6 Å². The molecule has 0 spiro atoms. The number of anilines is 1. The molecule has 21 heavy (non-hydrogen) atoms. The molecule has 1 N–H and O–H groups in total. The summed E-state index contributed by atoms with van der Waals surface area (Å²) in [7, 11) is 1.59. The van der Waals surface area contributed by atoms with Crippen molar-refractivity contribution in [3.63, 3.8) is 0 Å². The topological polar surface area (TPSA) is 47.0 Å². The number of ether oxygens (including phenoxy) is 1.